The molecule has 6 nitrogen and oxygen atoms in total. The molecule has 21 heavy (non-hydrogen) atoms. The number of carboxylic acids is 1. The number of hydrogen-bond acceptors (Lipinski definition) is 4. The molecule has 0 atom stereocenters. The number of piperazine rings is 1. The van der Waals surface area contributed by atoms with Crippen LogP contribution in [-0.2, 0) is 9.59 Å². The third-order valence-corrected chi connectivity index (χ3v) is 3.63. The van der Waals surface area contributed by atoms with Crippen LogP contribution in [0, 0.1) is 0 Å². The molecular formula is C15H20N2O4. The molecule has 0 spiro atoms. The molecule has 0 aromatic heterocycles. The van der Waals surface area contributed by atoms with Gasteiger partial charge in [0.25, 0.3) is 0 Å². The van der Waals surface area contributed by atoms with Crippen molar-refractivity contribution in [3.05, 3.63) is 24.3 Å². The molecule has 0 aliphatic carbocycles. The first-order chi connectivity index (χ1) is 10.1. The summed E-state index contributed by atoms with van der Waals surface area (Å²) in [6.07, 6.45) is 0.733. The molecule has 0 unspecified atom stereocenters. The van der Waals surface area contributed by atoms with Gasteiger partial charge in [-0.3, -0.25) is 9.59 Å². The Morgan fingerprint density at radius 1 is 1.00 bits per heavy atom. The van der Waals surface area contributed by atoms with Crippen LogP contribution in [0.3, 0.4) is 0 Å². The molecule has 1 heterocycles. The van der Waals surface area contributed by atoms with E-state index in [1.54, 1.807) is 17.0 Å². The number of amides is 1. The molecule has 114 valence electrons. The molecule has 1 aliphatic heterocycles. The Kier molecular flexibility index (Phi) is 5.03. The Labute approximate surface area is 123 Å². The van der Waals surface area contributed by atoms with E-state index < -0.39 is 5.97 Å². The lowest BCUT2D eigenvalue weighted by Crippen LogP contribution is -2.48. The van der Waals surface area contributed by atoms with Crippen molar-refractivity contribution in [1.82, 2.24) is 4.90 Å². The summed E-state index contributed by atoms with van der Waals surface area (Å²) in [6, 6.07) is 7.02. The van der Waals surface area contributed by atoms with E-state index in [0.29, 0.717) is 25.9 Å². The van der Waals surface area contributed by atoms with Crippen LogP contribution in [0.5, 0.6) is 5.75 Å². The van der Waals surface area contributed by atoms with Gasteiger partial charge in [-0.05, 0) is 30.7 Å². The summed E-state index contributed by atoms with van der Waals surface area (Å²) < 4.78 is 0. The normalized spacial score (nSPS) is 15.0. The number of nitrogens with zero attached hydrogens (tertiary/aromatic N) is 2. The van der Waals surface area contributed by atoms with Crippen molar-refractivity contribution in [2.45, 2.75) is 19.3 Å². The minimum absolute atomic E-state index is 0.0293. The Morgan fingerprint density at radius 3 is 2.19 bits per heavy atom. The summed E-state index contributed by atoms with van der Waals surface area (Å²) in [5, 5.41) is 17.8. The van der Waals surface area contributed by atoms with Crippen LogP contribution in [0.2, 0.25) is 0 Å². The highest BCUT2D eigenvalue weighted by atomic mass is 16.4. The van der Waals surface area contributed by atoms with E-state index in [0.717, 1.165) is 18.8 Å². The maximum atomic E-state index is 11.9. The molecule has 1 saturated heterocycles. The zero-order valence-electron chi connectivity index (χ0n) is 11.9. The summed E-state index contributed by atoms with van der Waals surface area (Å²) in [4.78, 5) is 26.3. The van der Waals surface area contributed by atoms with Gasteiger partial charge < -0.3 is 20.0 Å². The zero-order chi connectivity index (χ0) is 15.2. The van der Waals surface area contributed by atoms with Crippen molar-refractivity contribution in [1.29, 1.82) is 0 Å². The van der Waals surface area contributed by atoms with Gasteiger partial charge in [-0.1, -0.05) is 0 Å². The van der Waals surface area contributed by atoms with E-state index in [1.807, 2.05) is 12.1 Å². The van der Waals surface area contributed by atoms with E-state index in [4.69, 9.17) is 5.11 Å². The summed E-state index contributed by atoms with van der Waals surface area (Å²) in [6.45, 7) is 2.78. The van der Waals surface area contributed by atoms with Crippen LogP contribution in [0.25, 0.3) is 0 Å². The minimum Gasteiger partial charge on any atom is -0.508 e. The van der Waals surface area contributed by atoms with Crippen LogP contribution >= 0.6 is 0 Å². The number of carbonyl (C=O) groups excluding carboxylic acids is 1. The first kappa shape index (κ1) is 15.2. The van der Waals surface area contributed by atoms with Gasteiger partial charge in [-0.15, -0.1) is 0 Å². The standard InChI is InChI=1S/C15H20N2O4/c18-13-6-4-12(5-7-13)16-8-10-17(11-9-16)14(19)2-1-3-15(20)21/h4-7,18H,1-3,8-11H2,(H,20,21). The van der Waals surface area contributed by atoms with Gasteiger partial charge in [0.05, 0.1) is 0 Å². The average molecular weight is 292 g/mol. The van der Waals surface area contributed by atoms with Crippen molar-refractivity contribution in [3.8, 4) is 5.75 Å². The third kappa shape index (κ3) is 4.37. The lowest BCUT2D eigenvalue weighted by molar-refractivity contribution is -0.137. The van der Waals surface area contributed by atoms with Gasteiger partial charge in [0.15, 0.2) is 0 Å². The highest BCUT2D eigenvalue weighted by Crippen LogP contribution is 2.20. The molecule has 0 radical (unpaired) electrons. The smallest absolute Gasteiger partial charge is 0.303 e. The second-order valence-electron chi connectivity index (χ2n) is 5.13. The molecule has 1 amide bonds. The number of rotatable bonds is 5. The topological polar surface area (TPSA) is 81.1 Å². The van der Waals surface area contributed by atoms with E-state index in [9.17, 15) is 14.7 Å². The molecule has 1 aliphatic rings. The predicted molar refractivity (Wildman–Crippen MR) is 78.4 cm³/mol. The zero-order valence-corrected chi connectivity index (χ0v) is 11.9. The summed E-state index contributed by atoms with van der Waals surface area (Å²) in [7, 11) is 0. The molecule has 1 aromatic rings. The molecule has 2 rings (SSSR count). The fourth-order valence-electron chi connectivity index (χ4n) is 2.43. The first-order valence-corrected chi connectivity index (χ1v) is 7.10. The van der Waals surface area contributed by atoms with Gasteiger partial charge in [0.2, 0.25) is 5.91 Å². The Balaban J connectivity index is 1.78. The fraction of sp³-hybridized carbons (Fsp3) is 0.467. The van der Waals surface area contributed by atoms with Crippen LogP contribution in [0.1, 0.15) is 19.3 Å². The summed E-state index contributed by atoms with van der Waals surface area (Å²) in [5.74, 6) is -0.590. The van der Waals surface area contributed by atoms with Gasteiger partial charge in [-0.25, -0.2) is 0 Å². The maximum absolute atomic E-state index is 11.9. The number of phenols is 1. The number of hydrogen-bond donors (Lipinski definition) is 2. The van der Waals surface area contributed by atoms with E-state index in [1.165, 1.54) is 0 Å². The average Bonchev–Trinajstić information content (AvgIpc) is 2.48. The Morgan fingerprint density at radius 2 is 1.62 bits per heavy atom. The SMILES string of the molecule is O=C(O)CCCC(=O)N1CCN(c2ccc(O)cc2)CC1. The first-order valence-electron chi connectivity index (χ1n) is 7.10. The minimum atomic E-state index is -0.861. The van der Waals surface area contributed by atoms with E-state index >= 15 is 0 Å². The van der Waals surface area contributed by atoms with Crippen molar-refractivity contribution in [2.24, 2.45) is 0 Å². The predicted octanol–water partition coefficient (Wildman–Crippen LogP) is 1.30. The Bertz CT molecular complexity index is 493. The van der Waals surface area contributed by atoms with Crippen molar-refractivity contribution >= 4 is 17.6 Å². The molecule has 6 heteroatoms. The number of carboxylic acid groups (broad SMARTS) is 1. The highest BCUT2D eigenvalue weighted by molar-refractivity contribution is 5.77. The molecular weight excluding hydrogens is 272 g/mol. The summed E-state index contributed by atoms with van der Waals surface area (Å²) in [5.41, 5.74) is 1.03. The van der Waals surface area contributed by atoms with Gasteiger partial charge in [0.1, 0.15) is 5.75 Å². The number of phenolic OH excluding ortho intramolecular Hbond substituents is 1. The monoisotopic (exact) mass is 292 g/mol. The largest absolute Gasteiger partial charge is 0.508 e. The Hall–Kier alpha value is -2.24. The highest BCUT2D eigenvalue weighted by Gasteiger charge is 2.21. The van der Waals surface area contributed by atoms with Crippen LogP contribution in [-0.4, -0.2) is 53.2 Å². The van der Waals surface area contributed by atoms with Gasteiger partial charge in [-0.2, -0.15) is 0 Å². The van der Waals surface area contributed by atoms with Gasteiger partial charge in [0, 0.05) is 44.7 Å². The molecule has 2 N–H and O–H groups in total. The summed E-state index contributed by atoms with van der Waals surface area (Å²) >= 11 is 0. The van der Waals surface area contributed by atoms with Crippen molar-refractivity contribution in [2.75, 3.05) is 31.1 Å². The lowest BCUT2D eigenvalue weighted by Gasteiger charge is -2.36. The second-order valence-corrected chi connectivity index (χ2v) is 5.13. The quantitative estimate of drug-likeness (QED) is 0.855. The number of anilines is 1. The van der Waals surface area contributed by atoms with Crippen molar-refractivity contribution < 1.29 is 19.8 Å². The second kappa shape index (κ2) is 6.97. The number of aromatic hydroxyl groups is 1. The van der Waals surface area contributed by atoms with Crippen LogP contribution in [0.4, 0.5) is 5.69 Å². The molecule has 0 bridgehead atoms. The molecule has 1 fully saturated rings. The van der Waals surface area contributed by atoms with E-state index in [2.05, 4.69) is 4.90 Å². The fourth-order valence-corrected chi connectivity index (χ4v) is 2.43. The van der Waals surface area contributed by atoms with Crippen molar-refractivity contribution in [3.63, 3.8) is 0 Å². The van der Waals surface area contributed by atoms with Crippen LogP contribution in [0.15, 0.2) is 24.3 Å². The van der Waals surface area contributed by atoms with E-state index in [-0.39, 0.29) is 18.1 Å². The van der Waals surface area contributed by atoms with Crippen LogP contribution < -0.4 is 4.90 Å². The number of carbonyl (C=O) groups is 2. The maximum Gasteiger partial charge on any atom is 0.303 e. The van der Waals surface area contributed by atoms with Gasteiger partial charge >= 0.3 is 5.97 Å². The molecule has 0 saturated carbocycles. The number of aliphatic carboxylic acids is 1. The lowest BCUT2D eigenvalue weighted by atomic mass is 10.2. The number of benzene rings is 1. The third-order valence-electron chi connectivity index (χ3n) is 3.63. The molecule has 1 aromatic carbocycles.